The summed E-state index contributed by atoms with van der Waals surface area (Å²) in [4.78, 5) is 6.72. The molecule has 16 heavy (non-hydrogen) atoms. The number of morpholine rings is 1. The normalized spacial score (nSPS) is 22.5. The molecule has 0 aromatic carbocycles. The van der Waals surface area contributed by atoms with Gasteiger partial charge in [-0.05, 0) is 6.92 Å². The molecule has 0 radical (unpaired) electrons. The minimum Gasteiger partial charge on any atom is -0.432 e. The quantitative estimate of drug-likeness (QED) is 0.733. The van der Waals surface area contributed by atoms with Gasteiger partial charge in [0.2, 0.25) is 0 Å². The molecule has 4 nitrogen and oxygen atoms in total. The Kier molecular flexibility index (Phi) is 2.93. The van der Waals surface area contributed by atoms with Crippen molar-refractivity contribution in [3.63, 3.8) is 0 Å². The second-order valence-electron chi connectivity index (χ2n) is 5.38. The van der Waals surface area contributed by atoms with Gasteiger partial charge in [-0.3, -0.25) is 0 Å². The van der Waals surface area contributed by atoms with Crippen molar-refractivity contribution >= 4 is 6.01 Å². The number of aromatic nitrogens is 1. The number of nitrogens with zero attached hydrogens (tertiary/aromatic N) is 2. The molecular formula is C12H20N2O2. The second kappa shape index (κ2) is 4.09. The molecule has 4 heteroatoms. The number of rotatable bonds is 1. The van der Waals surface area contributed by atoms with Crippen molar-refractivity contribution in [2.45, 2.75) is 39.2 Å². The molecule has 1 fully saturated rings. The van der Waals surface area contributed by atoms with Crippen LogP contribution in [0.2, 0.25) is 0 Å². The molecule has 0 bridgehead atoms. The van der Waals surface area contributed by atoms with Crippen LogP contribution in [0.25, 0.3) is 0 Å². The van der Waals surface area contributed by atoms with Crippen LogP contribution in [0.1, 0.15) is 33.4 Å². The van der Waals surface area contributed by atoms with Crippen molar-refractivity contribution in [2.75, 3.05) is 24.7 Å². The monoisotopic (exact) mass is 224 g/mol. The van der Waals surface area contributed by atoms with Crippen LogP contribution in [-0.2, 0) is 10.2 Å². The van der Waals surface area contributed by atoms with Gasteiger partial charge in [0.25, 0.3) is 6.01 Å². The lowest BCUT2D eigenvalue weighted by atomic mass is 9.93. The molecule has 1 aromatic rings. The summed E-state index contributed by atoms with van der Waals surface area (Å²) in [5.74, 6) is 0. The molecule has 1 aliphatic heterocycles. The number of hydrogen-bond donors (Lipinski definition) is 0. The summed E-state index contributed by atoms with van der Waals surface area (Å²) in [5.41, 5.74) is 1.04. The third-order valence-electron chi connectivity index (χ3n) is 2.87. The molecule has 0 unspecified atom stereocenters. The Hall–Kier alpha value is -1.03. The van der Waals surface area contributed by atoms with Crippen molar-refractivity contribution in [1.29, 1.82) is 0 Å². The van der Waals surface area contributed by atoms with E-state index in [2.05, 4.69) is 37.6 Å². The Morgan fingerprint density at radius 1 is 1.44 bits per heavy atom. The first kappa shape index (κ1) is 11.5. The van der Waals surface area contributed by atoms with Crippen molar-refractivity contribution < 1.29 is 9.15 Å². The smallest absolute Gasteiger partial charge is 0.297 e. The lowest BCUT2D eigenvalue weighted by Gasteiger charge is -2.31. The Morgan fingerprint density at radius 3 is 2.75 bits per heavy atom. The van der Waals surface area contributed by atoms with E-state index >= 15 is 0 Å². The van der Waals surface area contributed by atoms with Gasteiger partial charge >= 0.3 is 0 Å². The minimum atomic E-state index is 0.0390. The molecular weight excluding hydrogens is 204 g/mol. The first-order valence-corrected chi connectivity index (χ1v) is 5.79. The molecule has 2 rings (SSSR count). The Morgan fingerprint density at radius 2 is 2.19 bits per heavy atom. The molecule has 0 aliphatic carbocycles. The van der Waals surface area contributed by atoms with Crippen LogP contribution in [-0.4, -0.2) is 30.8 Å². The van der Waals surface area contributed by atoms with Crippen molar-refractivity contribution in [3.8, 4) is 0 Å². The molecule has 1 aliphatic rings. The van der Waals surface area contributed by atoms with Gasteiger partial charge in [0.1, 0.15) is 6.26 Å². The fraction of sp³-hybridized carbons (Fsp3) is 0.750. The first-order chi connectivity index (χ1) is 7.48. The molecule has 1 saturated heterocycles. The van der Waals surface area contributed by atoms with Crippen LogP contribution < -0.4 is 4.90 Å². The maximum absolute atomic E-state index is 5.56. The van der Waals surface area contributed by atoms with E-state index in [1.54, 1.807) is 6.26 Å². The minimum absolute atomic E-state index is 0.0390. The predicted molar refractivity (Wildman–Crippen MR) is 62.8 cm³/mol. The van der Waals surface area contributed by atoms with Gasteiger partial charge in [-0.25, -0.2) is 0 Å². The number of oxazole rings is 1. The molecule has 0 spiro atoms. The predicted octanol–water partition coefficient (Wildman–Crippen LogP) is 2.20. The molecule has 1 aromatic heterocycles. The summed E-state index contributed by atoms with van der Waals surface area (Å²) >= 11 is 0. The fourth-order valence-corrected chi connectivity index (χ4v) is 1.75. The third-order valence-corrected chi connectivity index (χ3v) is 2.87. The standard InChI is InChI=1S/C12H20N2O2/c1-9-7-15-6-5-14(9)11-13-10(8-16-11)12(2,3)4/h8-9H,5-7H2,1-4H3/t9-/m1/s1. The van der Waals surface area contributed by atoms with E-state index in [0.717, 1.165) is 31.5 Å². The van der Waals surface area contributed by atoms with E-state index < -0.39 is 0 Å². The summed E-state index contributed by atoms with van der Waals surface area (Å²) in [6.07, 6.45) is 1.76. The Balaban J connectivity index is 2.18. The van der Waals surface area contributed by atoms with Gasteiger partial charge in [-0.2, -0.15) is 4.98 Å². The number of ether oxygens (including phenoxy) is 1. The van der Waals surface area contributed by atoms with Crippen LogP contribution in [0.3, 0.4) is 0 Å². The van der Waals surface area contributed by atoms with Gasteiger partial charge in [-0.15, -0.1) is 0 Å². The summed E-state index contributed by atoms with van der Waals surface area (Å²) in [6, 6.07) is 1.06. The highest BCUT2D eigenvalue weighted by Gasteiger charge is 2.25. The summed E-state index contributed by atoms with van der Waals surface area (Å²) in [7, 11) is 0. The van der Waals surface area contributed by atoms with Crippen LogP contribution >= 0.6 is 0 Å². The van der Waals surface area contributed by atoms with Gasteiger partial charge in [0.15, 0.2) is 0 Å². The summed E-state index contributed by atoms with van der Waals surface area (Å²) < 4.78 is 11.0. The Bertz CT molecular complexity index is 354. The molecule has 2 heterocycles. The fourth-order valence-electron chi connectivity index (χ4n) is 1.75. The summed E-state index contributed by atoms with van der Waals surface area (Å²) in [6.45, 7) is 10.9. The van der Waals surface area contributed by atoms with Crippen molar-refractivity contribution in [3.05, 3.63) is 12.0 Å². The van der Waals surface area contributed by atoms with Crippen LogP contribution in [0, 0.1) is 0 Å². The largest absolute Gasteiger partial charge is 0.432 e. The molecule has 0 amide bonds. The number of anilines is 1. The maximum Gasteiger partial charge on any atom is 0.297 e. The summed E-state index contributed by atoms with van der Waals surface area (Å²) in [5, 5.41) is 0. The zero-order chi connectivity index (χ0) is 11.8. The highest BCUT2D eigenvalue weighted by atomic mass is 16.5. The average Bonchev–Trinajstić information content (AvgIpc) is 2.66. The van der Waals surface area contributed by atoms with E-state index in [1.165, 1.54) is 0 Å². The van der Waals surface area contributed by atoms with Crippen LogP contribution in [0.5, 0.6) is 0 Å². The topological polar surface area (TPSA) is 38.5 Å². The van der Waals surface area contributed by atoms with Gasteiger partial charge < -0.3 is 14.1 Å². The van der Waals surface area contributed by atoms with Crippen LogP contribution in [0.15, 0.2) is 10.7 Å². The molecule has 0 saturated carbocycles. The van der Waals surface area contributed by atoms with Crippen LogP contribution in [0.4, 0.5) is 6.01 Å². The van der Waals surface area contributed by atoms with E-state index in [0.29, 0.717) is 6.04 Å². The Labute approximate surface area is 96.6 Å². The average molecular weight is 224 g/mol. The molecule has 1 atom stereocenters. The first-order valence-electron chi connectivity index (χ1n) is 5.79. The van der Waals surface area contributed by atoms with E-state index in [1.807, 2.05) is 0 Å². The van der Waals surface area contributed by atoms with Crippen molar-refractivity contribution in [2.24, 2.45) is 0 Å². The maximum atomic E-state index is 5.56. The second-order valence-corrected chi connectivity index (χ2v) is 5.38. The lowest BCUT2D eigenvalue weighted by Crippen LogP contribution is -2.43. The zero-order valence-corrected chi connectivity index (χ0v) is 10.5. The van der Waals surface area contributed by atoms with E-state index in [-0.39, 0.29) is 5.41 Å². The van der Waals surface area contributed by atoms with Gasteiger partial charge in [0, 0.05) is 12.0 Å². The van der Waals surface area contributed by atoms with Crippen molar-refractivity contribution in [1.82, 2.24) is 4.98 Å². The number of hydrogen-bond acceptors (Lipinski definition) is 4. The third kappa shape index (κ3) is 2.21. The lowest BCUT2D eigenvalue weighted by molar-refractivity contribution is 0.0961. The molecule has 90 valence electrons. The highest BCUT2D eigenvalue weighted by molar-refractivity contribution is 5.31. The highest BCUT2D eigenvalue weighted by Crippen LogP contribution is 2.26. The van der Waals surface area contributed by atoms with E-state index in [4.69, 9.17) is 9.15 Å². The van der Waals surface area contributed by atoms with Gasteiger partial charge in [0.05, 0.1) is 24.9 Å². The zero-order valence-electron chi connectivity index (χ0n) is 10.5. The van der Waals surface area contributed by atoms with Gasteiger partial charge in [-0.1, -0.05) is 20.8 Å². The molecule has 0 N–H and O–H groups in total. The SMILES string of the molecule is C[C@@H]1COCCN1c1nc(C(C)(C)C)co1. The van der Waals surface area contributed by atoms with E-state index in [9.17, 15) is 0 Å².